The average Bonchev–Trinajstić information content (AvgIpc) is 2.48. The van der Waals surface area contributed by atoms with Crippen LogP contribution in [0.25, 0.3) is 0 Å². The molecule has 2 rings (SSSR count). The van der Waals surface area contributed by atoms with E-state index in [-0.39, 0.29) is 5.54 Å². The van der Waals surface area contributed by atoms with Gasteiger partial charge in [0.15, 0.2) is 0 Å². The summed E-state index contributed by atoms with van der Waals surface area (Å²) in [5.74, 6) is 2.74. The number of terminal acetylenes is 1. The minimum absolute atomic E-state index is 0.208. The van der Waals surface area contributed by atoms with Crippen LogP contribution in [0.5, 0.6) is 0 Å². The van der Waals surface area contributed by atoms with Gasteiger partial charge in [-0.25, -0.2) is 0 Å². The normalized spacial score (nSPS) is 23.6. The van der Waals surface area contributed by atoms with E-state index in [9.17, 15) is 0 Å². The van der Waals surface area contributed by atoms with Crippen molar-refractivity contribution in [3.8, 4) is 12.3 Å². The van der Waals surface area contributed by atoms with Crippen LogP contribution in [0.2, 0.25) is 0 Å². The molecule has 0 aromatic carbocycles. The Morgan fingerprint density at radius 1 is 1.20 bits per heavy atom. The first-order valence-corrected chi connectivity index (χ1v) is 7.84. The molecule has 114 valence electrons. The molecule has 4 heteroatoms. The van der Waals surface area contributed by atoms with E-state index >= 15 is 0 Å². The van der Waals surface area contributed by atoms with Crippen molar-refractivity contribution in [1.29, 1.82) is 0 Å². The Morgan fingerprint density at radius 2 is 1.85 bits per heavy atom. The van der Waals surface area contributed by atoms with Crippen molar-refractivity contribution in [3.05, 3.63) is 0 Å². The number of likely N-dealkylation sites (tertiary alicyclic amines) is 1. The summed E-state index contributed by atoms with van der Waals surface area (Å²) in [6.07, 6.45) is 7.79. The van der Waals surface area contributed by atoms with E-state index in [1.54, 1.807) is 0 Å². The lowest BCUT2D eigenvalue weighted by molar-refractivity contribution is -0.0109. The molecule has 0 radical (unpaired) electrons. The second-order valence-corrected chi connectivity index (χ2v) is 6.55. The van der Waals surface area contributed by atoms with Crippen molar-refractivity contribution in [2.24, 2.45) is 0 Å². The molecule has 20 heavy (non-hydrogen) atoms. The number of nitrogens with one attached hydrogen (secondary N) is 1. The zero-order chi connectivity index (χ0) is 14.4. The largest absolute Gasteiger partial charge is 0.379 e. The number of morpholine rings is 1. The van der Waals surface area contributed by atoms with E-state index in [1.807, 2.05) is 0 Å². The molecule has 0 atom stereocenters. The standard InChI is InChI=1S/C16H29N3O/c1-4-7-18-8-5-15(6-9-18)17-14-16(2,3)19-10-12-20-13-11-19/h1,15,17H,5-14H2,2-3H3. The number of rotatable bonds is 5. The van der Waals surface area contributed by atoms with Crippen LogP contribution in [0.15, 0.2) is 0 Å². The van der Waals surface area contributed by atoms with Crippen LogP contribution in [0.4, 0.5) is 0 Å². The molecule has 2 saturated heterocycles. The smallest absolute Gasteiger partial charge is 0.0598 e. The molecular weight excluding hydrogens is 250 g/mol. The molecule has 0 spiro atoms. The van der Waals surface area contributed by atoms with Gasteiger partial charge in [0, 0.05) is 44.3 Å². The summed E-state index contributed by atoms with van der Waals surface area (Å²) in [6, 6.07) is 0.643. The van der Waals surface area contributed by atoms with Crippen LogP contribution < -0.4 is 5.32 Å². The van der Waals surface area contributed by atoms with Gasteiger partial charge >= 0.3 is 0 Å². The van der Waals surface area contributed by atoms with Crippen molar-refractivity contribution in [2.45, 2.75) is 38.3 Å². The van der Waals surface area contributed by atoms with Gasteiger partial charge in [0.2, 0.25) is 0 Å². The van der Waals surface area contributed by atoms with Gasteiger partial charge < -0.3 is 10.1 Å². The van der Waals surface area contributed by atoms with Crippen molar-refractivity contribution >= 4 is 0 Å². The first-order valence-electron chi connectivity index (χ1n) is 7.84. The molecule has 0 aromatic heterocycles. The molecule has 2 aliphatic rings. The van der Waals surface area contributed by atoms with Crippen LogP contribution in [0, 0.1) is 12.3 Å². The fraction of sp³-hybridized carbons (Fsp3) is 0.875. The van der Waals surface area contributed by atoms with Crippen molar-refractivity contribution in [2.75, 3.05) is 52.5 Å². The van der Waals surface area contributed by atoms with Crippen LogP contribution in [-0.4, -0.2) is 73.9 Å². The second-order valence-electron chi connectivity index (χ2n) is 6.55. The Morgan fingerprint density at radius 3 is 2.45 bits per heavy atom. The molecule has 2 heterocycles. The van der Waals surface area contributed by atoms with E-state index in [0.717, 1.165) is 52.5 Å². The molecule has 0 aromatic rings. The highest BCUT2D eigenvalue weighted by Gasteiger charge is 2.29. The highest BCUT2D eigenvalue weighted by molar-refractivity contribution is 4.91. The maximum Gasteiger partial charge on any atom is 0.0598 e. The molecule has 0 bridgehead atoms. The predicted octanol–water partition coefficient (Wildman–Crippen LogP) is 0.784. The van der Waals surface area contributed by atoms with Crippen molar-refractivity contribution < 1.29 is 4.74 Å². The quantitative estimate of drug-likeness (QED) is 0.753. The van der Waals surface area contributed by atoms with Gasteiger partial charge in [-0.3, -0.25) is 9.80 Å². The second kappa shape index (κ2) is 7.42. The molecule has 2 aliphatic heterocycles. The van der Waals surface area contributed by atoms with E-state index in [0.29, 0.717) is 6.04 Å². The zero-order valence-corrected chi connectivity index (χ0v) is 13.0. The maximum absolute atomic E-state index is 5.44. The fourth-order valence-electron chi connectivity index (χ4n) is 3.10. The third kappa shape index (κ3) is 4.46. The van der Waals surface area contributed by atoms with Crippen LogP contribution >= 0.6 is 0 Å². The van der Waals surface area contributed by atoms with Crippen LogP contribution in [0.3, 0.4) is 0 Å². The minimum Gasteiger partial charge on any atom is -0.379 e. The average molecular weight is 279 g/mol. The van der Waals surface area contributed by atoms with E-state index in [2.05, 4.69) is 34.9 Å². The number of hydrogen-bond donors (Lipinski definition) is 1. The number of nitrogens with zero attached hydrogens (tertiary/aromatic N) is 2. The Labute approximate surface area is 123 Å². The van der Waals surface area contributed by atoms with Gasteiger partial charge in [-0.15, -0.1) is 6.42 Å². The third-order valence-electron chi connectivity index (χ3n) is 4.59. The van der Waals surface area contributed by atoms with Gasteiger partial charge in [0.25, 0.3) is 0 Å². The minimum atomic E-state index is 0.208. The van der Waals surface area contributed by atoms with E-state index in [4.69, 9.17) is 11.2 Å². The molecular formula is C16H29N3O. The van der Waals surface area contributed by atoms with E-state index in [1.165, 1.54) is 12.8 Å². The summed E-state index contributed by atoms with van der Waals surface area (Å²) in [7, 11) is 0. The molecule has 0 unspecified atom stereocenters. The van der Waals surface area contributed by atoms with Crippen molar-refractivity contribution in [1.82, 2.24) is 15.1 Å². The van der Waals surface area contributed by atoms with Crippen LogP contribution in [0.1, 0.15) is 26.7 Å². The van der Waals surface area contributed by atoms with Gasteiger partial charge in [0.05, 0.1) is 19.8 Å². The molecule has 1 N–H and O–H groups in total. The Balaban J connectivity index is 1.70. The Kier molecular flexibility index (Phi) is 5.86. The van der Waals surface area contributed by atoms with Gasteiger partial charge in [-0.05, 0) is 26.7 Å². The summed E-state index contributed by atoms with van der Waals surface area (Å²) in [5, 5.41) is 3.76. The van der Waals surface area contributed by atoms with Crippen LogP contribution in [-0.2, 0) is 4.74 Å². The summed E-state index contributed by atoms with van der Waals surface area (Å²) >= 11 is 0. The molecule has 0 aliphatic carbocycles. The molecule has 0 saturated carbocycles. The third-order valence-corrected chi connectivity index (χ3v) is 4.59. The first-order chi connectivity index (χ1) is 9.62. The number of hydrogen-bond acceptors (Lipinski definition) is 4. The fourth-order valence-corrected chi connectivity index (χ4v) is 3.10. The lowest BCUT2D eigenvalue weighted by Gasteiger charge is -2.42. The molecule has 4 nitrogen and oxygen atoms in total. The number of piperidine rings is 1. The Hall–Kier alpha value is -0.600. The highest BCUT2D eigenvalue weighted by Crippen LogP contribution is 2.17. The summed E-state index contributed by atoms with van der Waals surface area (Å²) < 4.78 is 5.44. The highest BCUT2D eigenvalue weighted by atomic mass is 16.5. The van der Waals surface area contributed by atoms with Gasteiger partial charge in [0.1, 0.15) is 0 Å². The summed E-state index contributed by atoms with van der Waals surface area (Å²) in [5.41, 5.74) is 0.208. The Bertz CT molecular complexity index is 323. The first kappa shape index (κ1) is 15.8. The molecule has 0 amide bonds. The topological polar surface area (TPSA) is 27.7 Å². The maximum atomic E-state index is 5.44. The van der Waals surface area contributed by atoms with Crippen molar-refractivity contribution in [3.63, 3.8) is 0 Å². The SMILES string of the molecule is C#CCN1CCC(NCC(C)(C)N2CCOCC2)CC1. The lowest BCUT2D eigenvalue weighted by atomic mass is 9.99. The molecule has 2 fully saturated rings. The summed E-state index contributed by atoms with van der Waals surface area (Å²) in [4.78, 5) is 4.91. The van der Waals surface area contributed by atoms with E-state index < -0.39 is 0 Å². The monoisotopic (exact) mass is 279 g/mol. The zero-order valence-electron chi connectivity index (χ0n) is 13.0. The van der Waals surface area contributed by atoms with Gasteiger partial charge in [-0.1, -0.05) is 5.92 Å². The number of ether oxygens (including phenoxy) is 1. The lowest BCUT2D eigenvalue weighted by Crippen LogP contribution is -2.56. The predicted molar refractivity (Wildman–Crippen MR) is 82.8 cm³/mol. The summed E-state index contributed by atoms with van der Waals surface area (Å²) in [6.45, 7) is 12.6. The van der Waals surface area contributed by atoms with Gasteiger partial charge in [-0.2, -0.15) is 0 Å².